The summed E-state index contributed by atoms with van der Waals surface area (Å²) in [4.78, 5) is 32.4. The first-order valence-electron chi connectivity index (χ1n) is 5.71. The van der Waals surface area contributed by atoms with Crippen LogP contribution in [0.15, 0.2) is 12.4 Å². The molecule has 4 N–H and O–H groups in total. The Kier molecular flexibility index (Phi) is 2.79. The fourth-order valence-corrected chi connectivity index (χ4v) is 2.90. The molecule has 0 aliphatic carbocycles. The van der Waals surface area contributed by atoms with Crippen molar-refractivity contribution in [2.75, 3.05) is 12.3 Å². The highest BCUT2D eigenvalue weighted by Gasteiger charge is 2.25. The summed E-state index contributed by atoms with van der Waals surface area (Å²) in [5.41, 5.74) is 6.78. The van der Waals surface area contributed by atoms with E-state index in [1.54, 1.807) is 6.20 Å². The Morgan fingerprint density at radius 1 is 1.47 bits per heavy atom. The second-order valence-electron chi connectivity index (χ2n) is 4.23. The lowest BCUT2D eigenvalue weighted by atomic mass is 10.2. The van der Waals surface area contributed by atoms with Crippen molar-refractivity contribution in [2.45, 2.75) is 12.5 Å². The average Bonchev–Trinajstić information content (AvgIpc) is 2.94. The SMILES string of the molecule is Nc1c(C(=O)NC2CNC(=O)C2)sc2nccnc12. The summed E-state index contributed by atoms with van der Waals surface area (Å²) >= 11 is 1.20. The van der Waals surface area contributed by atoms with Crippen LogP contribution < -0.4 is 16.4 Å². The van der Waals surface area contributed by atoms with Crippen LogP contribution in [0.1, 0.15) is 16.1 Å². The number of hydrogen-bond acceptors (Lipinski definition) is 6. The van der Waals surface area contributed by atoms with Crippen LogP contribution in [-0.4, -0.2) is 34.4 Å². The van der Waals surface area contributed by atoms with Crippen molar-refractivity contribution >= 4 is 39.2 Å². The van der Waals surface area contributed by atoms with Gasteiger partial charge in [-0.25, -0.2) is 9.97 Å². The Morgan fingerprint density at radius 3 is 2.95 bits per heavy atom. The molecule has 7 nitrogen and oxygen atoms in total. The maximum absolute atomic E-state index is 12.1. The number of anilines is 1. The molecule has 0 saturated carbocycles. The van der Waals surface area contributed by atoms with Gasteiger partial charge in [-0.1, -0.05) is 0 Å². The van der Waals surface area contributed by atoms with Crippen molar-refractivity contribution in [3.63, 3.8) is 0 Å². The highest BCUT2D eigenvalue weighted by Crippen LogP contribution is 2.30. The maximum Gasteiger partial charge on any atom is 0.263 e. The molecule has 1 unspecified atom stereocenters. The average molecular weight is 277 g/mol. The molecule has 1 atom stereocenters. The summed E-state index contributed by atoms with van der Waals surface area (Å²) in [6.07, 6.45) is 3.39. The molecular weight excluding hydrogens is 266 g/mol. The summed E-state index contributed by atoms with van der Waals surface area (Å²) in [6.45, 7) is 0.450. The highest BCUT2D eigenvalue weighted by molar-refractivity contribution is 7.21. The van der Waals surface area contributed by atoms with Crippen LogP contribution in [0.4, 0.5) is 5.69 Å². The van der Waals surface area contributed by atoms with Gasteiger partial charge in [0.25, 0.3) is 5.91 Å². The highest BCUT2D eigenvalue weighted by atomic mass is 32.1. The number of carbonyl (C=O) groups excluding carboxylic acids is 2. The van der Waals surface area contributed by atoms with E-state index in [1.807, 2.05) is 0 Å². The Hall–Kier alpha value is -2.22. The number of thiophene rings is 1. The zero-order chi connectivity index (χ0) is 13.4. The van der Waals surface area contributed by atoms with Crippen LogP contribution in [0.5, 0.6) is 0 Å². The van der Waals surface area contributed by atoms with Crippen molar-refractivity contribution in [1.82, 2.24) is 20.6 Å². The van der Waals surface area contributed by atoms with Gasteiger partial charge in [-0.3, -0.25) is 9.59 Å². The number of amides is 2. The molecule has 2 amide bonds. The normalized spacial score (nSPS) is 18.5. The predicted octanol–water partition coefficient (Wildman–Crippen LogP) is -0.108. The number of nitrogens with two attached hydrogens (primary N) is 1. The summed E-state index contributed by atoms with van der Waals surface area (Å²) < 4.78 is 0. The number of hydrogen-bond donors (Lipinski definition) is 3. The van der Waals surface area contributed by atoms with Gasteiger partial charge in [-0.05, 0) is 0 Å². The van der Waals surface area contributed by atoms with Gasteiger partial charge in [-0.2, -0.15) is 0 Å². The Morgan fingerprint density at radius 2 is 2.26 bits per heavy atom. The minimum atomic E-state index is -0.288. The van der Waals surface area contributed by atoms with Crippen LogP contribution >= 0.6 is 11.3 Å². The molecule has 0 radical (unpaired) electrons. The van der Waals surface area contributed by atoms with Crippen LogP contribution in [-0.2, 0) is 4.79 Å². The molecule has 1 aliphatic rings. The van der Waals surface area contributed by atoms with Crippen molar-refractivity contribution < 1.29 is 9.59 Å². The second-order valence-corrected chi connectivity index (χ2v) is 5.23. The first-order valence-corrected chi connectivity index (χ1v) is 6.53. The topological polar surface area (TPSA) is 110 Å². The number of aromatic nitrogens is 2. The molecule has 98 valence electrons. The number of fused-ring (bicyclic) bond motifs is 1. The summed E-state index contributed by atoms with van der Waals surface area (Å²) in [7, 11) is 0. The van der Waals surface area contributed by atoms with Crippen molar-refractivity contribution in [3.05, 3.63) is 17.3 Å². The molecule has 1 saturated heterocycles. The number of nitrogens with zero attached hydrogens (tertiary/aromatic N) is 2. The molecule has 0 bridgehead atoms. The van der Waals surface area contributed by atoms with Gasteiger partial charge in [0.1, 0.15) is 15.2 Å². The lowest BCUT2D eigenvalue weighted by Gasteiger charge is -2.09. The molecule has 3 heterocycles. The predicted molar refractivity (Wildman–Crippen MR) is 70.7 cm³/mol. The first-order chi connectivity index (χ1) is 9.15. The van der Waals surface area contributed by atoms with Gasteiger partial charge in [-0.15, -0.1) is 11.3 Å². The third kappa shape index (κ3) is 2.10. The van der Waals surface area contributed by atoms with E-state index < -0.39 is 0 Å². The summed E-state index contributed by atoms with van der Waals surface area (Å²) in [5.74, 6) is -0.346. The van der Waals surface area contributed by atoms with Gasteiger partial charge in [0.05, 0.1) is 11.7 Å². The quantitative estimate of drug-likeness (QED) is 0.709. The molecule has 0 spiro atoms. The third-order valence-electron chi connectivity index (χ3n) is 2.88. The third-order valence-corrected chi connectivity index (χ3v) is 3.98. The van der Waals surface area contributed by atoms with E-state index in [4.69, 9.17) is 5.73 Å². The molecule has 2 aromatic rings. The molecular formula is C11H11N5O2S. The van der Waals surface area contributed by atoms with E-state index in [2.05, 4.69) is 20.6 Å². The van der Waals surface area contributed by atoms with Gasteiger partial charge >= 0.3 is 0 Å². The number of rotatable bonds is 2. The minimum absolute atomic E-state index is 0.0575. The summed E-state index contributed by atoms with van der Waals surface area (Å²) in [6, 6.07) is -0.189. The standard InChI is InChI=1S/C11H11N5O2S/c12-7-8-11(14-2-1-13-8)19-9(7)10(18)16-5-3-6(17)15-4-5/h1-2,5H,3-4,12H2,(H,15,17)(H,16,18). The monoisotopic (exact) mass is 277 g/mol. The molecule has 19 heavy (non-hydrogen) atoms. The van der Waals surface area contributed by atoms with Gasteiger partial charge in [0.15, 0.2) is 0 Å². The van der Waals surface area contributed by atoms with E-state index in [0.29, 0.717) is 33.9 Å². The fraction of sp³-hybridized carbons (Fsp3) is 0.273. The maximum atomic E-state index is 12.1. The van der Waals surface area contributed by atoms with Crippen molar-refractivity contribution in [1.29, 1.82) is 0 Å². The minimum Gasteiger partial charge on any atom is -0.396 e. The van der Waals surface area contributed by atoms with Gasteiger partial charge in [0.2, 0.25) is 5.91 Å². The Labute approximate surface area is 112 Å². The van der Waals surface area contributed by atoms with Gasteiger partial charge < -0.3 is 16.4 Å². The number of nitrogens with one attached hydrogen (secondary N) is 2. The van der Waals surface area contributed by atoms with Crippen LogP contribution in [0.25, 0.3) is 10.3 Å². The number of nitrogen functional groups attached to an aromatic ring is 1. The molecule has 1 fully saturated rings. The van der Waals surface area contributed by atoms with E-state index in [-0.39, 0.29) is 17.9 Å². The smallest absolute Gasteiger partial charge is 0.263 e. The van der Waals surface area contributed by atoms with Gasteiger partial charge in [0, 0.05) is 25.4 Å². The fourth-order valence-electron chi connectivity index (χ4n) is 1.97. The van der Waals surface area contributed by atoms with Crippen molar-refractivity contribution in [2.24, 2.45) is 0 Å². The molecule has 0 aromatic carbocycles. The van der Waals surface area contributed by atoms with E-state index in [1.165, 1.54) is 17.5 Å². The summed E-state index contributed by atoms with van der Waals surface area (Å²) in [5, 5.41) is 5.44. The van der Waals surface area contributed by atoms with Crippen LogP contribution in [0.2, 0.25) is 0 Å². The lowest BCUT2D eigenvalue weighted by Crippen LogP contribution is -2.36. The van der Waals surface area contributed by atoms with E-state index in [9.17, 15) is 9.59 Å². The van der Waals surface area contributed by atoms with E-state index in [0.717, 1.165) is 0 Å². The molecule has 1 aliphatic heterocycles. The molecule has 3 rings (SSSR count). The lowest BCUT2D eigenvalue weighted by molar-refractivity contribution is -0.119. The Bertz CT molecular complexity index is 668. The largest absolute Gasteiger partial charge is 0.396 e. The zero-order valence-electron chi connectivity index (χ0n) is 9.84. The van der Waals surface area contributed by atoms with Crippen LogP contribution in [0.3, 0.4) is 0 Å². The second kappa shape index (κ2) is 4.47. The van der Waals surface area contributed by atoms with Crippen LogP contribution in [0, 0.1) is 0 Å². The Balaban J connectivity index is 1.85. The van der Waals surface area contributed by atoms with Crippen molar-refractivity contribution in [3.8, 4) is 0 Å². The molecule has 2 aromatic heterocycles. The molecule has 8 heteroatoms. The zero-order valence-corrected chi connectivity index (χ0v) is 10.7. The number of carbonyl (C=O) groups is 2. The first kappa shape index (κ1) is 11.8. The van der Waals surface area contributed by atoms with E-state index >= 15 is 0 Å².